The number of hydrogen-bond acceptors (Lipinski definition) is 3. The molecule has 0 spiro atoms. The summed E-state index contributed by atoms with van der Waals surface area (Å²) in [4.78, 5) is 12.7. The summed E-state index contributed by atoms with van der Waals surface area (Å²) < 4.78 is 0. The zero-order valence-corrected chi connectivity index (χ0v) is 6.49. The van der Waals surface area contributed by atoms with Crippen LogP contribution in [-0.2, 0) is 6.42 Å². The van der Waals surface area contributed by atoms with Crippen molar-refractivity contribution >= 4 is 5.69 Å². The summed E-state index contributed by atoms with van der Waals surface area (Å²) in [5.41, 5.74) is 0.678. The van der Waals surface area contributed by atoms with Crippen molar-refractivity contribution in [3.63, 3.8) is 0 Å². The monoisotopic (exact) mass is 170 g/mol. The van der Waals surface area contributed by atoms with Crippen molar-refractivity contribution < 1.29 is 10.0 Å². The zero-order chi connectivity index (χ0) is 8.97. The molecule has 1 aromatic heterocycles. The second kappa shape index (κ2) is 3.87. The van der Waals surface area contributed by atoms with Gasteiger partial charge in [-0.15, -0.1) is 0 Å². The predicted molar refractivity (Wildman–Crippen MR) is 42.9 cm³/mol. The molecule has 66 valence electrons. The molecule has 1 heterocycles. The normalized spacial score (nSPS) is 10.1. The first-order chi connectivity index (χ1) is 5.75. The van der Waals surface area contributed by atoms with Gasteiger partial charge in [0.15, 0.2) is 0 Å². The van der Waals surface area contributed by atoms with E-state index in [4.69, 9.17) is 5.11 Å². The van der Waals surface area contributed by atoms with Crippen LogP contribution in [0.2, 0.25) is 0 Å². The number of aromatic amines is 1. The minimum absolute atomic E-state index is 0.0518. The quantitative estimate of drug-likeness (QED) is 0.519. The lowest BCUT2D eigenvalue weighted by molar-refractivity contribution is -0.385. The lowest BCUT2D eigenvalue weighted by Crippen LogP contribution is -1.95. The van der Waals surface area contributed by atoms with Gasteiger partial charge in [-0.25, -0.2) is 0 Å². The summed E-state index contributed by atoms with van der Waals surface area (Å²) in [5, 5.41) is 18.9. The van der Waals surface area contributed by atoms with Crippen molar-refractivity contribution in [2.75, 3.05) is 6.61 Å². The van der Waals surface area contributed by atoms with Crippen LogP contribution in [-0.4, -0.2) is 21.6 Å². The van der Waals surface area contributed by atoms with Gasteiger partial charge in [0.25, 0.3) is 5.69 Å². The fourth-order valence-corrected chi connectivity index (χ4v) is 1.02. The van der Waals surface area contributed by atoms with E-state index in [9.17, 15) is 10.1 Å². The van der Waals surface area contributed by atoms with Gasteiger partial charge in [0, 0.05) is 18.9 Å². The number of rotatable bonds is 4. The van der Waals surface area contributed by atoms with Gasteiger partial charge >= 0.3 is 0 Å². The third-order valence-corrected chi connectivity index (χ3v) is 1.59. The molecule has 0 fully saturated rings. The van der Waals surface area contributed by atoms with E-state index in [-0.39, 0.29) is 12.3 Å². The van der Waals surface area contributed by atoms with Crippen molar-refractivity contribution in [1.82, 2.24) is 4.98 Å². The van der Waals surface area contributed by atoms with Gasteiger partial charge in [-0.05, 0) is 12.8 Å². The van der Waals surface area contributed by atoms with Crippen LogP contribution in [0.4, 0.5) is 5.69 Å². The summed E-state index contributed by atoms with van der Waals surface area (Å²) in [6.07, 6.45) is 2.59. The molecular weight excluding hydrogens is 160 g/mol. The third kappa shape index (κ3) is 1.82. The first-order valence-electron chi connectivity index (χ1n) is 3.67. The van der Waals surface area contributed by atoms with Gasteiger partial charge in [0.2, 0.25) is 0 Å². The van der Waals surface area contributed by atoms with Gasteiger partial charge < -0.3 is 10.1 Å². The summed E-state index contributed by atoms with van der Waals surface area (Å²) >= 11 is 0. The first kappa shape index (κ1) is 8.73. The first-order valence-corrected chi connectivity index (χ1v) is 3.67. The van der Waals surface area contributed by atoms with Crippen molar-refractivity contribution in [2.45, 2.75) is 12.8 Å². The standard InChI is InChI=1S/C7H10N2O3/c10-5-1-2-6-7(9(11)12)3-4-8-6/h3-4,8,10H,1-2,5H2. The molecule has 0 aliphatic carbocycles. The molecule has 12 heavy (non-hydrogen) atoms. The second-order valence-corrected chi connectivity index (χ2v) is 2.43. The van der Waals surface area contributed by atoms with Crippen LogP contribution >= 0.6 is 0 Å². The molecule has 0 aliphatic heterocycles. The SMILES string of the molecule is O=[N+]([O-])c1cc[nH]c1CCCO. The molecule has 0 radical (unpaired) electrons. The molecule has 0 atom stereocenters. The summed E-state index contributed by atoms with van der Waals surface area (Å²) in [6, 6.07) is 1.42. The Morgan fingerprint density at radius 2 is 2.42 bits per heavy atom. The number of nitrogens with zero attached hydrogens (tertiary/aromatic N) is 1. The molecule has 0 aliphatic rings. The van der Waals surface area contributed by atoms with Crippen LogP contribution in [0.1, 0.15) is 12.1 Å². The van der Waals surface area contributed by atoms with Crippen LogP contribution < -0.4 is 0 Å². The van der Waals surface area contributed by atoms with Crippen molar-refractivity contribution in [1.29, 1.82) is 0 Å². The highest BCUT2D eigenvalue weighted by atomic mass is 16.6. The van der Waals surface area contributed by atoms with Crippen molar-refractivity contribution in [2.24, 2.45) is 0 Å². The minimum atomic E-state index is -0.427. The van der Waals surface area contributed by atoms with Crippen LogP contribution in [0.15, 0.2) is 12.3 Å². The summed E-state index contributed by atoms with van der Waals surface area (Å²) in [7, 11) is 0. The Morgan fingerprint density at radius 3 is 3.00 bits per heavy atom. The second-order valence-electron chi connectivity index (χ2n) is 2.43. The van der Waals surface area contributed by atoms with Gasteiger partial charge in [-0.2, -0.15) is 0 Å². The lowest BCUT2D eigenvalue weighted by atomic mass is 10.2. The molecule has 0 aromatic carbocycles. The number of nitrogens with one attached hydrogen (secondary N) is 1. The largest absolute Gasteiger partial charge is 0.396 e. The Bertz CT molecular complexity index is 269. The van der Waals surface area contributed by atoms with Gasteiger partial charge in [0.05, 0.1) is 10.6 Å². The number of nitro groups is 1. The van der Waals surface area contributed by atoms with Crippen molar-refractivity contribution in [3.8, 4) is 0 Å². The molecule has 0 unspecified atom stereocenters. The minimum Gasteiger partial charge on any atom is -0.396 e. The van der Waals surface area contributed by atoms with Crippen molar-refractivity contribution in [3.05, 3.63) is 28.1 Å². The van der Waals surface area contributed by atoms with Gasteiger partial charge in [0.1, 0.15) is 0 Å². The number of H-pyrrole nitrogens is 1. The number of aromatic nitrogens is 1. The Hall–Kier alpha value is -1.36. The van der Waals surface area contributed by atoms with E-state index >= 15 is 0 Å². The van der Waals surface area contributed by atoms with Crippen LogP contribution in [0.3, 0.4) is 0 Å². The number of aliphatic hydroxyl groups is 1. The number of hydrogen-bond donors (Lipinski definition) is 2. The fourth-order valence-electron chi connectivity index (χ4n) is 1.02. The molecule has 0 amide bonds. The van der Waals surface area contributed by atoms with Crippen LogP contribution in [0.25, 0.3) is 0 Å². The summed E-state index contributed by atoms with van der Waals surface area (Å²) in [5.74, 6) is 0. The maximum Gasteiger partial charge on any atom is 0.289 e. The Balaban J connectivity index is 2.70. The average molecular weight is 170 g/mol. The van der Waals surface area contributed by atoms with E-state index in [0.717, 1.165) is 0 Å². The number of aliphatic hydroxyl groups excluding tert-OH is 1. The maximum atomic E-state index is 10.4. The molecule has 0 saturated heterocycles. The smallest absolute Gasteiger partial charge is 0.289 e. The Kier molecular flexibility index (Phi) is 2.82. The molecule has 1 aromatic rings. The molecule has 1 rings (SSSR count). The van der Waals surface area contributed by atoms with E-state index < -0.39 is 4.92 Å². The molecule has 0 bridgehead atoms. The molecule has 2 N–H and O–H groups in total. The maximum absolute atomic E-state index is 10.4. The molecule has 5 nitrogen and oxygen atoms in total. The molecule has 5 heteroatoms. The van der Waals surface area contributed by atoms with E-state index in [0.29, 0.717) is 18.5 Å². The van der Waals surface area contributed by atoms with Crippen LogP contribution in [0, 0.1) is 10.1 Å². The zero-order valence-electron chi connectivity index (χ0n) is 6.49. The Labute approximate surface area is 69.2 Å². The van der Waals surface area contributed by atoms with Crippen LogP contribution in [0.5, 0.6) is 0 Å². The third-order valence-electron chi connectivity index (χ3n) is 1.59. The lowest BCUT2D eigenvalue weighted by Gasteiger charge is -1.94. The van der Waals surface area contributed by atoms with E-state index in [1.807, 2.05) is 0 Å². The van der Waals surface area contributed by atoms with E-state index in [1.165, 1.54) is 12.3 Å². The fraction of sp³-hybridized carbons (Fsp3) is 0.429. The highest BCUT2D eigenvalue weighted by molar-refractivity contribution is 5.35. The highest BCUT2D eigenvalue weighted by Gasteiger charge is 2.12. The van der Waals surface area contributed by atoms with Gasteiger partial charge in [-0.1, -0.05) is 0 Å². The average Bonchev–Trinajstić information content (AvgIpc) is 2.48. The topological polar surface area (TPSA) is 79.2 Å². The van der Waals surface area contributed by atoms with E-state index in [1.54, 1.807) is 0 Å². The van der Waals surface area contributed by atoms with Gasteiger partial charge in [-0.3, -0.25) is 10.1 Å². The molecular formula is C7H10N2O3. The van der Waals surface area contributed by atoms with E-state index in [2.05, 4.69) is 4.98 Å². The highest BCUT2D eigenvalue weighted by Crippen LogP contribution is 2.17. The molecule has 0 saturated carbocycles. The predicted octanol–water partition coefficient (Wildman–Crippen LogP) is 0.848. The Morgan fingerprint density at radius 1 is 1.67 bits per heavy atom. The summed E-state index contributed by atoms with van der Waals surface area (Å²) in [6.45, 7) is 0.0518. The number of aryl methyl sites for hydroxylation is 1.